The molecule has 2 aromatic rings. The van der Waals surface area contributed by atoms with Crippen LogP contribution in [-0.2, 0) is 16.0 Å². The topological polar surface area (TPSA) is 89.5 Å². The van der Waals surface area contributed by atoms with Crippen molar-refractivity contribution < 1.29 is 32.6 Å². The number of nitrogens with zero attached hydrogens (tertiary/aromatic N) is 2. The summed E-state index contributed by atoms with van der Waals surface area (Å²) in [4.78, 5) is 31.0. The minimum absolute atomic E-state index is 0.0110. The largest absolute Gasteiger partial charge is 0.493 e. The van der Waals surface area contributed by atoms with E-state index in [9.17, 15) is 18.4 Å². The summed E-state index contributed by atoms with van der Waals surface area (Å²) in [5.41, 5.74) is 1.40. The molecule has 1 aliphatic heterocycles. The number of aliphatic imine (C=N–C) groups is 1. The summed E-state index contributed by atoms with van der Waals surface area (Å²) in [6, 6.07) is 11.3. The van der Waals surface area contributed by atoms with E-state index in [2.05, 4.69) is 15.0 Å². The van der Waals surface area contributed by atoms with Crippen LogP contribution in [0.15, 0.2) is 47.5 Å². The number of benzene rings is 2. The number of amides is 2. The quantitative estimate of drug-likeness (QED) is 0.544. The number of carbonyl (C=O) groups is 2. The van der Waals surface area contributed by atoms with E-state index in [1.165, 1.54) is 43.1 Å². The number of hydrogen-bond acceptors (Lipinski definition) is 7. The van der Waals surface area contributed by atoms with E-state index in [0.717, 1.165) is 5.56 Å². The predicted molar refractivity (Wildman–Crippen MR) is 125 cm³/mol. The molecule has 0 saturated carbocycles. The summed E-state index contributed by atoms with van der Waals surface area (Å²) in [6.45, 7) is -2.59. The molecule has 1 fully saturated rings. The van der Waals surface area contributed by atoms with E-state index >= 15 is 0 Å². The molecule has 0 radical (unpaired) electrons. The Morgan fingerprint density at radius 3 is 2.47 bits per heavy atom. The van der Waals surface area contributed by atoms with Gasteiger partial charge >= 0.3 is 6.61 Å². The lowest BCUT2D eigenvalue weighted by molar-refractivity contribution is -0.129. The van der Waals surface area contributed by atoms with Crippen molar-refractivity contribution in [2.24, 2.45) is 4.99 Å². The van der Waals surface area contributed by atoms with E-state index in [1.54, 1.807) is 25.2 Å². The van der Waals surface area contributed by atoms with Crippen LogP contribution in [0.3, 0.4) is 0 Å². The van der Waals surface area contributed by atoms with E-state index < -0.39 is 11.9 Å². The molecule has 1 saturated heterocycles. The van der Waals surface area contributed by atoms with Crippen molar-refractivity contribution in [2.75, 3.05) is 27.8 Å². The van der Waals surface area contributed by atoms with Gasteiger partial charge in [-0.3, -0.25) is 14.5 Å². The smallest absolute Gasteiger partial charge is 0.387 e. The Bertz CT molecular complexity index is 1050. The molecule has 1 heterocycles. The number of ether oxygens (including phenoxy) is 3. The van der Waals surface area contributed by atoms with E-state index in [0.29, 0.717) is 35.3 Å². The van der Waals surface area contributed by atoms with Crippen LogP contribution in [0, 0.1) is 0 Å². The lowest BCUT2D eigenvalue weighted by atomic mass is 10.1. The van der Waals surface area contributed by atoms with E-state index in [-0.39, 0.29) is 24.0 Å². The van der Waals surface area contributed by atoms with Gasteiger partial charge in [-0.15, -0.1) is 0 Å². The molecule has 3 rings (SSSR count). The lowest BCUT2D eigenvalue weighted by Crippen LogP contribution is -2.35. The van der Waals surface area contributed by atoms with Gasteiger partial charge in [0.1, 0.15) is 11.0 Å². The van der Waals surface area contributed by atoms with Crippen molar-refractivity contribution in [3.8, 4) is 17.2 Å². The third-order valence-corrected chi connectivity index (χ3v) is 6.20. The molecule has 1 atom stereocenters. The van der Waals surface area contributed by atoms with Crippen molar-refractivity contribution in [3.05, 3.63) is 48.0 Å². The minimum atomic E-state index is -2.92. The molecular formula is C23H25F2N3O5S. The molecule has 0 bridgehead atoms. The summed E-state index contributed by atoms with van der Waals surface area (Å²) in [5, 5.41) is 2.36. The van der Waals surface area contributed by atoms with Crippen LogP contribution in [-0.4, -0.2) is 61.6 Å². The fourth-order valence-corrected chi connectivity index (χ4v) is 4.47. The first-order chi connectivity index (χ1) is 16.3. The number of nitrogens with one attached hydrogen (secondary N) is 1. The predicted octanol–water partition coefficient (Wildman–Crippen LogP) is 3.62. The molecule has 34 heavy (non-hydrogen) atoms. The van der Waals surface area contributed by atoms with Gasteiger partial charge in [0.2, 0.25) is 11.8 Å². The van der Waals surface area contributed by atoms with Gasteiger partial charge in [0, 0.05) is 20.0 Å². The summed E-state index contributed by atoms with van der Waals surface area (Å²) < 4.78 is 39.7. The Morgan fingerprint density at radius 2 is 1.85 bits per heavy atom. The second-order valence-corrected chi connectivity index (χ2v) is 8.35. The van der Waals surface area contributed by atoms with Crippen molar-refractivity contribution in [1.82, 2.24) is 10.2 Å². The molecule has 182 valence electrons. The third kappa shape index (κ3) is 6.37. The molecule has 2 aromatic carbocycles. The maximum absolute atomic E-state index is 13.1. The SMILES string of the molecule is CNC(=O)C[C@@H]1SC(=Nc2ccc(OC(F)F)cc2)N(CCc2ccc(OC)c(OC)c2)C1=O. The average Bonchev–Trinajstić information content (AvgIpc) is 3.11. The molecule has 0 aromatic heterocycles. The van der Waals surface area contributed by atoms with Gasteiger partial charge in [-0.25, -0.2) is 4.99 Å². The van der Waals surface area contributed by atoms with Crippen LogP contribution >= 0.6 is 11.8 Å². The highest BCUT2D eigenvalue weighted by Gasteiger charge is 2.38. The number of amidine groups is 1. The molecule has 0 spiro atoms. The maximum Gasteiger partial charge on any atom is 0.387 e. The van der Waals surface area contributed by atoms with Crippen LogP contribution in [0.1, 0.15) is 12.0 Å². The number of methoxy groups -OCH3 is 2. The van der Waals surface area contributed by atoms with E-state index in [4.69, 9.17) is 9.47 Å². The molecule has 8 nitrogen and oxygen atoms in total. The number of alkyl halides is 2. The van der Waals surface area contributed by atoms with Crippen LogP contribution in [0.2, 0.25) is 0 Å². The summed E-state index contributed by atoms with van der Waals surface area (Å²) >= 11 is 1.20. The van der Waals surface area contributed by atoms with Gasteiger partial charge in [0.15, 0.2) is 16.7 Å². The molecule has 1 N–H and O–H groups in total. The summed E-state index contributed by atoms with van der Waals surface area (Å²) in [5.74, 6) is 0.730. The van der Waals surface area contributed by atoms with Gasteiger partial charge in [0.05, 0.1) is 19.9 Å². The minimum Gasteiger partial charge on any atom is -0.493 e. The summed E-state index contributed by atoms with van der Waals surface area (Å²) in [6.07, 6.45) is 0.534. The Balaban J connectivity index is 1.81. The molecule has 2 amide bonds. The Morgan fingerprint density at radius 1 is 1.15 bits per heavy atom. The first-order valence-corrected chi connectivity index (χ1v) is 11.3. The van der Waals surface area contributed by atoms with Gasteiger partial charge in [-0.05, 0) is 48.4 Å². The van der Waals surface area contributed by atoms with Crippen molar-refractivity contribution in [2.45, 2.75) is 24.7 Å². The van der Waals surface area contributed by atoms with E-state index in [1.807, 2.05) is 12.1 Å². The monoisotopic (exact) mass is 493 g/mol. The molecule has 1 aliphatic rings. The third-order valence-electron chi connectivity index (χ3n) is 5.03. The van der Waals surface area contributed by atoms with Gasteiger partial charge in [-0.2, -0.15) is 8.78 Å². The van der Waals surface area contributed by atoms with Crippen molar-refractivity contribution in [1.29, 1.82) is 0 Å². The number of thioether (sulfide) groups is 1. The molecular weight excluding hydrogens is 468 g/mol. The van der Waals surface area contributed by atoms with Gasteiger partial charge in [0.25, 0.3) is 0 Å². The second-order valence-electron chi connectivity index (χ2n) is 7.18. The fraction of sp³-hybridized carbons (Fsp3) is 0.348. The zero-order valence-corrected chi connectivity index (χ0v) is 19.7. The van der Waals surface area contributed by atoms with Crippen LogP contribution in [0.4, 0.5) is 14.5 Å². The van der Waals surface area contributed by atoms with Crippen molar-refractivity contribution in [3.63, 3.8) is 0 Å². The molecule has 0 unspecified atom stereocenters. The zero-order valence-electron chi connectivity index (χ0n) is 18.9. The van der Waals surface area contributed by atoms with Crippen LogP contribution < -0.4 is 19.5 Å². The standard InChI is InChI=1S/C23H25F2N3O5S/c1-26-20(29)13-19-21(30)28(11-10-14-4-9-17(31-2)18(12-14)32-3)23(34-19)27-15-5-7-16(8-6-15)33-22(24)25/h4-9,12,19,22H,10-11,13H2,1-3H3,(H,26,29)/t19-/m0/s1. The van der Waals surface area contributed by atoms with Gasteiger partial charge < -0.3 is 19.5 Å². The first kappa shape index (κ1) is 25.3. The average molecular weight is 494 g/mol. The molecule has 0 aliphatic carbocycles. The van der Waals surface area contributed by atoms with Gasteiger partial charge in [-0.1, -0.05) is 17.8 Å². The highest BCUT2D eigenvalue weighted by molar-refractivity contribution is 8.15. The highest BCUT2D eigenvalue weighted by atomic mass is 32.2. The number of halogens is 2. The number of carbonyl (C=O) groups excluding carboxylic acids is 2. The number of hydrogen-bond donors (Lipinski definition) is 1. The first-order valence-electron chi connectivity index (χ1n) is 10.4. The Kier molecular flexibility index (Phi) is 8.69. The lowest BCUT2D eigenvalue weighted by Gasteiger charge is -2.17. The van der Waals surface area contributed by atoms with Crippen molar-refractivity contribution >= 4 is 34.4 Å². The second kappa shape index (κ2) is 11.7. The normalized spacial score (nSPS) is 16.8. The Labute approximate surface area is 200 Å². The van der Waals surface area contributed by atoms with Crippen LogP contribution in [0.25, 0.3) is 0 Å². The van der Waals surface area contributed by atoms with Crippen LogP contribution in [0.5, 0.6) is 17.2 Å². The maximum atomic E-state index is 13.1. The Hall–Kier alpha value is -3.34. The molecule has 11 heteroatoms. The highest BCUT2D eigenvalue weighted by Crippen LogP contribution is 2.33. The fourth-order valence-electron chi connectivity index (χ4n) is 3.29. The number of rotatable bonds is 10. The summed E-state index contributed by atoms with van der Waals surface area (Å²) in [7, 11) is 4.62. The zero-order chi connectivity index (χ0) is 24.7.